The first-order chi connectivity index (χ1) is 13.6. The van der Waals surface area contributed by atoms with E-state index in [4.69, 9.17) is 14.2 Å². The molecule has 2 saturated heterocycles. The molecule has 2 fully saturated rings. The molecule has 29 heavy (non-hydrogen) atoms. The third-order valence-electron chi connectivity index (χ3n) is 4.77. The van der Waals surface area contributed by atoms with Gasteiger partial charge in [-0.15, -0.1) is 0 Å². The zero-order chi connectivity index (χ0) is 21.9. The van der Waals surface area contributed by atoms with Crippen LogP contribution in [0.25, 0.3) is 0 Å². The highest BCUT2D eigenvalue weighted by Crippen LogP contribution is 2.25. The SMILES string of the molecule is CC(=O)N[C@H]1C(O)O[C@H](COC2O[C@H](CO)[C@@H](O)[C@H](O)[C@H]2NC(C)=O)[C@H](O)[C@@H]1O. The summed E-state index contributed by atoms with van der Waals surface area (Å²) in [6.07, 6.45) is -11.5. The van der Waals surface area contributed by atoms with Gasteiger partial charge in [-0.1, -0.05) is 0 Å². The van der Waals surface area contributed by atoms with Crippen molar-refractivity contribution < 1.29 is 54.4 Å². The standard InChI is InChI=1S/C16H28N2O11/c1-5(20)17-9-13(24)12(23)8(28-15(9)26)4-27-16-10(18-6(2)21)14(25)11(22)7(3-19)29-16/h7-16,19,22-26H,3-4H2,1-2H3,(H,17,20)(H,18,21)/t7-,8-,9-,10-,11-,12+,13-,14-,15?,16?/m1/s1. The van der Waals surface area contributed by atoms with E-state index in [1.807, 2.05) is 0 Å². The molecule has 13 heteroatoms. The van der Waals surface area contributed by atoms with Crippen molar-refractivity contribution in [1.82, 2.24) is 10.6 Å². The zero-order valence-corrected chi connectivity index (χ0v) is 15.9. The Bertz CT molecular complexity index is 579. The average molecular weight is 424 g/mol. The van der Waals surface area contributed by atoms with Crippen LogP contribution in [0.4, 0.5) is 0 Å². The molecule has 2 unspecified atom stereocenters. The summed E-state index contributed by atoms with van der Waals surface area (Å²) < 4.78 is 16.0. The van der Waals surface area contributed by atoms with Crippen LogP contribution >= 0.6 is 0 Å². The van der Waals surface area contributed by atoms with Gasteiger partial charge in [-0.25, -0.2) is 0 Å². The third kappa shape index (κ3) is 5.59. The predicted molar refractivity (Wildman–Crippen MR) is 91.8 cm³/mol. The molecule has 0 spiro atoms. The molecule has 2 aliphatic rings. The normalized spacial score (nSPS) is 42.9. The van der Waals surface area contributed by atoms with Gasteiger partial charge in [0, 0.05) is 13.8 Å². The summed E-state index contributed by atoms with van der Waals surface area (Å²) in [5.41, 5.74) is 0. The molecule has 0 radical (unpaired) electrons. The molecule has 2 rings (SSSR count). The highest BCUT2D eigenvalue weighted by molar-refractivity contribution is 5.73. The molecule has 2 heterocycles. The number of ether oxygens (including phenoxy) is 3. The lowest BCUT2D eigenvalue weighted by Gasteiger charge is -2.44. The second-order valence-corrected chi connectivity index (χ2v) is 7.04. The average Bonchev–Trinajstić information content (AvgIpc) is 2.65. The topological polar surface area (TPSA) is 207 Å². The Morgan fingerprint density at radius 2 is 1.34 bits per heavy atom. The molecule has 2 aliphatic heterocycles. The number of carbonyl (C=O) groups excluding carboxylic acids is 2. The van der Waals surface area contributed by atoms with E-state index in [0.29, 0.717) is 0 Å². The monoisotopic (exact) mass is 424 g/mol. The molecular weight excluding hydrogens is 396 g/mol. The van der Waals surface area contributed by atoms with E-state index in [0.717, 1.165) is 0 Å². The van der Waals surface area contributed by atoms with Crippen LogP contribution in [0.1, 0.15) is 13.8 Å². The molecule has 0 aromatic heterocycles. The summed E-state index contributed by atoms with van der Waals surface area (Å²) in [4.78, 5) is 22.6. The minimum atomic E-state index is -1.64. The van der Waals surface area contributed by atoms with Crippen LogP contribution in [0.2, 0.25) is 0 Å². The lowest BCUT2D eigenvalue weighted by atomic mass is 9.96. The van der Waals surface area contributed by atoms with Gasteiger partial charge in [0.05, 0.1) is 13.2 Å². The molecule has 168 valence electrons. The van der Waals surface area contributed by atoms with Gasteiger partial charge in [0.2, 0.25) is 11.8 Å². The van der Waals surface area contributed by atoms with Crippen LogP contribution in [0.3, 0.4) is 0 Å². The van der Waals surface area contributed by atoms with Crippen LogP contribution in [0.5, 0.6) is 0 Å². The Balaban J connectivity index is 2.05. The van der Waals surface area contributed by atoms with Crippen LogP contribution in [-0.4, -0.2) is 117 Å². The molecule has 13 nitrogen and oxygen atoms in total. The lowest BCUT2D eigenvalue weighted by Crippen LogP contribution is -2.66. The second kappa shape index (κ2) is 10.1. The quantitative estimate of drug-likeness (QED) is 0.202. The minimum Gasteiger partial charge on any atom is -0.394 e. The van der Waals surface area contributed by atoms with Crippen molar-refractivity contribution in [2.75, 3.05) is 13.2 Å². The Morgan fingerprint density at radius 1 is 0.828 bits per heavy atom. The van der Waals surface area contributed by atoms with E-state index in [1.165, 1.54) is 13.8 Å². The van der Waals surface area contributed by atoms with E-state index in [9.17, 15) is 40.2 Å². The lowest BCUT2D eigenvalue weighted by molar-refractivity contribution is -0.297. The maximum absolute atomic E-state index is 11.4. The molecule has 0 aromatic rings. The van der Waals surface area contributed by atoms with Crippen LogP contribution < -0.4 is 10.6 Å². The summed E-state index contributed by atoms with van der Waals surface area (Å²) in [7, 11) is 0. The fourth-order valence-electron chi connectivity index (χ4n) is 3.28. The Kier molecular flexibility index (Phi) is 8.28. The summed E-state index contributed by atoms with van der Waals surface area (Å²) in [5, 5.41) is 64.4. The maximum atomic E-state index is 11.4. The van der Waals surface area contributed by atoms with Crippen LogP contribution in [0.15, 0.2) is 0 Å². The van der Waals surface area contributed by atoms with Gasteiger partial charge in [-0.05, 0) is 0 Å². The molecule has 0 aromatic carbocycles. The first kappa shape index (κ1) is 23.9. The summed E-state index contributed by atoms with van der Waals surface area (Å²) >= 11 is 0. The number of amides is 2. The van der Waals surface area contributed by atoms with E-state index in [-0.39, 0.29) is 0 Å². The molecule has 8 N–H and O–H groups in total. The number of aliphatic hydroxyl groups is 6. The number of hydrogen-bond donors (Lipinski definition) is 8. The Labute approximate surface area is 166 Å². The first-order valence-electron chi connectivity index (χ1n) is 9.04. The van der Waals surface area contributed by atoms with Gasteiger partial charge >= 0.3 is 0 Å². The molecule has 2 amide bonds. The fourth-order valence-corrected chi connectivity index (χ4v) is 3.28. The molecule has 10 atom stereocenters. The largest absolute Gasteiger partial charge is 0.394 e. The molecular formula is C16H28N2O11. The van der Waals surface area contributed by atoms with E-state index in [1.54, 1.807) is 0 Å². The van der Waals surface area contributed by atoms with Crippen molar-refractivity contribution in [2.45, 2.75) is 75.1 Å². The smallest absolute Gasteiger partial charge is 0.217 e. The van der Waals surface area contributed by atoms with E-state index >= 15 is 0 Å². The van der Waals surface area contributed by atoms with Crippen molar-refractivity contribution in [3.05, 3.63) is 0 Å². The Hall–Kier alpha value is -1.42. The second-order valence-electron chi connectivity index (χ2n) is 7.04. The minimum absolute atomic E-state index is 0.455. The van der Waals surface area contributed by atoms with Gasteiger partial charge in [-0.3, -0.25) is 9.59 Å². The Morgan fingerprint density at radius 3 is 1.90 bits per heavy atom. The zero-order valence-electron chi connectivity index (χ0n) is 15.9. The highest BCUT2D eigenvalue weighted by Gasteiger charge is 2.48. The third-order valence-corrected chi connectivity index (χ3v) is 4.77. The number of aliphatic hydroxyl groups excluding tert-OH is 6. The maximum Gasteiger partial charge on any atom is 0.217 e. The van der Waals surface area contributed by atoms with Crippen molar-refractivity contribution in [3.63, 3.8) is 0 Å². The van der Waals surface area contributed by atoms with Crippen molar-refractivity contribution in [3.8, 4) is 0 Å². The first-order valence-corrected chi connectivity index (χ1v) is 9.04. The number of carbonyl (C=O) groups is 2. The highest BCUT2D eigenvalue weighted by atomic mass is 16.7. The van der Waals surface area contributed by atoms with E-state index < -0.39 is 86.3 Å². The summed E-state index contributed by atoms with van der Waals surface area (Å²) in [6, 6.07) is -2.46. The molecule has 0 saturated carbocycles. The van der Waals surface area contributed by atoms with Gasteiger partial charge in [0.15, 0.2) is 12.6 Å². The number of rotatable bonds is 6. The van der Waals surface area contributed by atoms with Crippen LogP contribution in [0, 0.1) is 0 Å². The predicted octanol–water partition coefficient (Wildman–Crippen LogP) is -5.11. The summed E-state index contributed by atoms with van der Waals surface area (Å²) in [5.74, 6) is -1.09. The van der Waals surface area contributed by atoms with Gasteiger partial charge in [0.25, 0.3) is 0 Å². The van der Waals surface area contributed by atoms with E-state index in [2.05, 4.69) is 10.6 Å². The number of hydrogen-bond acceptors (Lipinski definition) is 11. The van der Waals surface area contributed by atoms with Crippen LogP contribution in [-0.2, 0) is 23.8 Å². The summed E-state index contributed by atoms with van der Waals surface area (Å²) in [6.45, 7) is 1.26. The van der Waals surface area contributed by atoms with Crippen molar-refractivity contribution in [2.24, 2.45) is 0 Å². The molecule has 0 bridgehead atoms. The molecule has 0 aliphatic carbocycles. The van der Waals surface area contributed by atoms with Gasteiger partial charge < -0.3 is 55.5 Å². The number of nitrogens with one attached hydrogen (secondary N) is 2. The van der Waals surface area contributed by atoms with Crippen molar-refractivity contribution in [1.29, 1.82) is 0 Å². The fraction of sp³-hybridized carbons (Fsp3) is 0.875. The van der Waals surface area contributed by atoms with Gasteiger partial charge in [0.1, 0.15) is 48.7 Å². The van der Waals surface area contributed by atoms with Crippen molar-refractivity contribution >= 4 is 11.8 Å². The van der Waals surface area contributed by atoms with Gasteiger partial charge in [-0.2, -0.15) is 0 Å².